The Hall–Kier alpha value is -1.16. The van der Waals surface area contributed by atoms with Crippen LogP contribution in [0.5, 0.6) is 0 Å². The van der Waals surface area contributed by atoms with Gasteiger partial charge in [-0.25, -0.2) is 4.39 Å². The largest absolute Gasteiger partial charge is 0.349 e. The summed E-state index contributed by atoms with van der Waals surface area (Å²) in [5.41, 5.74) is 1.20. The molecular weight excluding hydrogens is 237 g/mol. The van der Waals surface area contributed by atoms with Gasteiger partial charge in [-0.05, 0) is 34.1 Å². The lowest BCUT2D eigenvalue weighted by molar-refractivity contribution is 0.112. The van der Waals surface area contributed by atoms with Crippen molar-refractivity contribution in [2.75, 3.05) is 0 Å². The molecule has 2 nitrogen and oxygen atoms in total. The molecule has 1 N–H and O–H groups in total. The molecule has 2 aromatic rings. The van der Waals surface area contributed by atoms with Gasteiger partial charge in [0.1, 0.15) is 5.82 Å². The molecule has 0 saturated heterocycles. The third-order valence-corrected chi connectivity index (χ3v) is 2.50. The molecule has 0 fully saturated rings. The number of fused-ring (bicyclic) bond motifs is 1. The normalized spacial score (nSPS) is 10.6. The standard InChI is InChI=1S/C9H5BrFNO/c10-9-7(4-13)6-3-5(11)1-2-8(6)12-9/h1-4,12H. The number of hydrogen-bond acceptors (Lipinski definition) is 1. The van der Waals surface area contributed by atoms with Crippen molar-refractivity contribution in [2.24, 2.45) is 0 Å². The maximum Gasteiger partial charge on any atom is 0.153 e. The van der Waals surface area contributed by atoms with Crippen LogP contribution in [0.15, 0.2) is 22.8 Å². The van der Waals surface area contributed by atoms with Gasteiger partial charge in [-0.2, -0.15) is 0 Å². The summed E-state index contributed by atoms with van der Waals surface area (Å²) >= 11 is 3.19. The summed E-state index contributed by atoms with van der Waals surface area (Å²) < 4.78 is 13.4. The third-order valence-electron chi connectivity index (χ3n) is 1.87. The van der Waals surface area contributed by atoms with Crippen LogP contribution in [-0.4, -0.2) is 11.3 Å². The summed E-state index contributed by atoms with van der Waals surface area (Å²) in [6.45, 7) is 0. The first-order valence-corrected chi connectivity index (χ1v) is 4.43. The lowest BCUT2D eigenvalue weighted by Crippen LogP contribution is -1.78. The first-order chi connectivity index (χ1) is 6.22. The van der Waals surface area contributed by atoms with Gasteiger partial charge in [0.05, 0.1) is 10.2 Å². The number of benzene rings is 1. The van der Waals surface area contributed by atoms with E-state index >= 15 is 0 Å². The van der Waals surface area contributed by atoms with Gasteiger partial charge in [0, 0.05) is 10.9 Å². The number of hydrogen-bond donors (Lipinski definition) is 1. The van der Waals surface area contributed by atoms with E-state index in [9.17, 15) is 9.18 Å². The van der Waals surface area contributed by atoms with Crippen molar-refractivity contribution in [2.45, 2.75) is 0 Å². The van der Waals surface area contributed by atoms with Gasteiger partial charge in [0.15, 0.2) is 6.29 Å². The zero-order valence-electron chi connectivity index (χ0n) is 6.47. The first-order valence-electron chi connectivity index (χ1n) is 3.64. The molecule has 13 heavy (non-hydrogen) atoms. The van der Waals surface area contributed by atoms with Gasteiger partial charge in [-0.3, -0.25) is 4.79 Å². The highest BCUT2D eigenvalue weighted by atomic mass is 79.9. The molecule has 0 radical (unpaired) electrons. The molecule has 0 atom stereocenters. The molecule has 2 rings (SSSR count). The lowest BCUT2D eigenvalue weighted by Gasteiger charge is -1.89. The molecule has 66 valence electrons. The van der Waals surface area contributed by atoms with E-state index < -0.39 is 0 Å². The maximum absolute atomic E-state index is 12.8. The predicted molar refractivity (Wildman–Crippen MR) is 51.3 cm³/mol. The highest BCUT2D eigenvalue weighted by Gasteiger charge is 2.08. The molecule has 0 saturated carbocycles. The smallest absolute Gasteiger partial charge is 0.153 e. The molecule has 0 amide bonds. The van der Waals surface area contributed by atoms with E-state index in [0.717, 1.165) is 5.52 Å². The molecule has 0 unspecified atom stereocenters. The van der Waals surface area contributed by atoms with Gasteiger partial charge in [0.25, 0.3) is 0 Å². The Labute approximate surface area is 81.9 Å². The van der Waals surface area contributed by atoms with Crippen molar-refractivity contribution in [3.63, 3.8) is 0 Å². The Morgan fingerprint density at radius 1 is 1.46 bits per heavy atom. The molecule has 0 bridgehead atoms. The van der Waals surface area contributed by atoms with Crippen LogP contribution >= 0.6 is 15.9 Å². The molecule has 0 aliphatic heterocycles. The van der Waals surface area contributed by atoms with Crippen molar-refractivity contribution in [1.29, 1.82) is 0 Å². The zero-order chi connectivity index (χ0) is 9.42. The predicted octanol–water partition coefficient (Wildman–Crippen LogP) is 2.88. The van der Waals surface area contributed by atoms with Crippen LogP contribution < -0.4 is 0 Å². The summed E-state index contributed by atoms with van der Waals surface area (Å²) in [6.07, 6.45) is 0.697. The summed E-state index contributed by atoms with van der Waals surface area (Å²) in [6, 6.07) is 4.28. The number of aromatic amines is 1. The molecule has 1 heterocycles. The van der Waals surface area contributed by atoms with Crippen molar-refractivity contribution in [1.82, 2.24) is 4.98 Å². The number of aromatic nitrogens is 1. The van der Waals surface area contributed by atoms with Gasteiger partial charge < -0.3 is 4.98 Å². The molecule has 1 aromatic heterocycles. The van der Waals surface area contributed by atoms with E-state index in [1.807, 2.05) is 0 Å². The minimum atomic E-state index is -0.345. The van der Waals surface area contributed by atoms with Gasteiger partial charge in [-0.15, -0.1) is 0 Å². The topological polar surface area (TPSA) is 32.9 Å². The van der Waals surface area contributed by atoms with Gasteiger partial charge >= 0.3 is 0 Å². The van der Waals surface area contributed by atoms with Crippen LogP contribution in [0.2, 0.25) is 0 Å². The average Bonchev–Trinajstić information content (AvgIpc) is 2.40. The minimum Gasteiger partial charge on any atom is -0.349 e. The molecule has 0 aliphatic carbocycles. The fraction of sp³-hybridized carbons (Fsp3) is 0. The highest BCUT2D eigenvalue weighted by molar-refractivity contribution is 9.10. The second-order valence-electron chi connectivity index (χ2n) is 2.66. The van der Waals surface area contributed by atoms with E-state index in [-0.39, 0.29) is 5.82 Å². The molecule has 1 aromatic carbocycles. The molecule has 0 spiro atoms. The average molecular weight is 242 g/mol. The summed E-state index contributed by atoms with van der Waals surface area (Å²) in [7, 11) is 0. The monoisotopic (exact) mass is 241 g/mol. The Morgan fingerprint density at radius 3 is 2.92 bits per heavy atom. The molecular formula is C9H5BrFNO. The fourth-order valence-corrected chi connectivity index (χ4v) is 1.79. The minimum absolute atomic E-state index is 0.345. The Balaban J connectivity index is 2.88. The van der Waals surface area contributed by atoms with Crippen molar-refractivity contribution < 1.29 is 9.18 Å². The van der Waals surface area contributed by atoms with Crippen LogP contribution in [0.1, 0.15) is 10.4 Å². The van der Waals surface area contributed by atoms with E-state index in [1.54, 1.807) is 6.07 Å². The number of halogens is 2. The SMILES string of the molecule is O=Cc1c(Br)[nH]c2ccc(F)cc12. The van der Waals surface area contributed by atoms with E-state index in [0.29, 0.717) is 21.8 Å². The van der Waals surface area contributed by atoms with Crippen LogP contribution in [0.25, 0.3) is 10.9 Å². The second-order valence-corrected chi connectivity index (χ2v) is 3.45. The first kappa shape index (κ1) is 8.44. The number of carbonyl (C=O) groups excluding carboxylic acids is 1. The maximum atomic E-state index is 12.8. The van der Waals surface area contributed by atoms with Crippen molar-refractivity contribution in [3.05, 3.63) is 34.2 Å². The second kappa shape index (κ2) is 2.96. The van der Waals surface area contributed by atoms with Crippen molar-refractivity contribution >= 4 is 33.1 Å². The number of carbonyl (C=O) groups is 1. The number of aldehydes is 1. The molecule has 4 heteroatoms. The quantitative estimate of drug-likeness (QED) is 0.766. The highest BCUT2D eigenvalue weighted by Crippen LogP contribution is 2.25. The van der Waals surface area contributed by atoms with E-state index in [2.05, 4.69) is 20.9 Å². The summed E-state index contributed by atoms with van der Waals surface area (Å²) in [5.74, 6) is -0.345. The Morgan fingerprint density at radius 2 is 2.23 bits per heavy atom. The van der Waals surface area contributed by atoms with E-state index in [1.165, 1.54) is 12.1 Å². The Bertz CT molecular complexity index is 478. The van der Waals surface area contributed by atoms with E-state index in [4.69, 9.17) is 0 Å². The van der Waals surface area contributed by atoms with Crippen LogP contribution in [0.4, 0.5) is 4.39 Å². The van der Waals surface area contributed by atoms with Gasteiger partial charge in [-0.1, -0.05) is 0 Å². The number of nitrogens with one attached hydrogen (secondary N) is 1. The zero-order valence-corrected chi connectivity index (χ0v) is 8.06. The fourth-order valence-electron chi connectivity index (χ4n) is 1.27. The van der Waals surface area contributed by atoms with Crippen molar-refractivity contribution in [3.8, 4) is 0 Å². The molecule has 0 aliphatic rings. The van der Waals surface area contributed by atoms with Gasteiger partial charge in [0.2, 0.25) is 0 Å². The number of H-pyrrole nitrogens is 1. The number of rotatable bonds is 1. The lowest BCUT2D eigenvalue weighted by atomic mass is 10.2. The third kappa shape index (κ3) is 1.27. The van der Waals surface area contributed by atoms with Crippen LogP contribution in [-0.2, 0) is 0 Å². The summed E-state index contributed by atoms with van der Waals surface area (Å²) in [4.78, 5) is 13.6. The van der Waals surface area contributed by atoms with Crippen LogP contribution in [0, 0.1) is 5.82 Å². The van der Waals surface area contributed by atoms with Crippen LogP contribution in [0.3, 0.4) is 0 Å². The summed E-state index contributed by atoms with van der Waals surface area (Å²) in [5, 5.41) is 0.599. The Kier molecular flexibility index (Phi) is 1.92.